The smallest absolute Gasteiger partial charge is 0.240 e. The van der Waals surface area contributed by atoms with Gasteiger partial charge in [0.15, 0.2) is 0 Å². The minimum atomic E-state index is 0.0975. The molecule has 0 radical (unpaired) electrons. The minimum Gasteiger partial charge on any atom is -0.328 e. The minimum absolute atomic E-state index is 0.0975. The summed E-state index contributed by atoms with van der Waals surface area (Å²) in [5.41, 5.74) is 0.428. The summed E-state index contributed by atoms with van der Waals surface area (Å²) in [6.45, 7) is 6.22. The van der Waals surface area contributed by atoms with Crippen LogP contribution in [0.5, 0.6) is 0 Å². The molecule has 18 heavy (non-hydrogen) atoms. The Kier molecular flexibility index (Phi) is 4.66. The molecule has 1 aliphatic heterocycles. The Morgan fingerprint density at radius 1 is 1.33 bits per heavy atom. The van der Waals surface area contributed by atoms with E-state index < -0.39 is 0 Å². The highest BCUT2D eigenvalue weighted by molar-refractivity contribution is 5.83. The summed E-state index contributed by atoms with van der Waals surface area (Å²) >= 11 is 0. The third-order valence-corrected chi connectivity index (χ3v) is 4.93. The Morgan fingerprint density at radius 2 is 2.06 bits per heavy atom. The largest absolute Gasteiger partial charge is 0.328 e. The number of unbranched alkanes of at least 4 members (excludes halogenated alkanes) is 1. The molecule has 1 saturated heterocycles. The molecule has 0 aromatic rings. The average Bonchev–Trinajstić information content (AvgIpc) is 2.98. The molecular formula is C15H28N2O. The summed E-state index contributed by atoms with van der Waals surface area (Å²) in [5.74, 6) is 0.350. The van der Waals surface area contributed by atoms with Crippen molar-refractivity contribution >= 4 is 5.91 Å². The van der Waals surface area contributed by atoms with Crippen LogP contribution in [0.2, 0.25) is 0 Å². The summed E-state index contributed by atoms with van der Waals surface area (Å²) < 4.78 is 0. The van der Waals surface area contributed by atoms with E-state index in [9.17, 15) is 4.79 Å². The third kappa shape index (κ3) is 2.87. The first-order valence-corrected chi connectivity index (χ1v) is 7.73. The molecule has 2 fully saturated rings. The van der Waals surface area contributed by atoms with Gasteiger partial charge in [-0.15, -0.1) is 0 Å². The number of hydrogen-bond acceptors (Lipinski definition) is 2. The maximum absolute atomic E-state index is 12.3. The van der Waals surface area contributed by atoms with Gasteiger partial charge in [-0.3, -0.25) is 10.1 Å². The van der Waals surface area contributed by atoms with E-state index in [0.717, 1.165) is 26.1 Å². The normalized spacial score (nSPS) is 27.1. The highest BCUT2D eigenvalue weighted by Crippen LogP contribution is 2.41. The van der Waals surface area contributed by atoms with Crippen molar-refractivity contribution in [2.24, 2.45) is 5.41 Å². The molecule has 3 heteroatoms. The van der Waals surface area contributed by atoms with Crippen LogP contribution in [-0.4, -0.2) is 30.1 Å². The lowest BCUT2D eigenvalue weighted by Crippen LogP contribution is -2.38. The molecule has 1 atom stereocenters. The highest BCUT2D eigenvalue weighted by Gasteiger charge is 2.38. The van der Waals surface area contributed by atoms with E-state index in [1.807, 2.05) is 0 Å². The summed E-state index contributed by atoms with van der Waals surface area (Å²) in [4.78, 5) is 14.4. The first-order valence-electron chi connectivity index (χ1n) is 7.73. The van der Waals surface area contributed by atoms with Crippen molar-refractivity contribution < 1.29 is 4.79 Å². The Morgan fingerprint density at radius 3 is 2.67 bits per heavy atom. The van der Waals surface area contributed by atoms with Gasteiger partial charge in [-0.1, -0.05) is 39.5 Å². The van der Waals surface area contributed by atoms with Gasteiger partial charge in [0.25, 0.3) is 0 Å². The third-order valence-electron chi connectivity index (χ3n) is 4.93. The number of nitrogens with one attached hydrogen (secondary N) is 1. The number of hydrogen-bond donors (Lipinski definition) is 1. The first-order chi connectivity index (χ1) is 8.71. The zero-order valence-corrected chi connectivity index (χ0v) is 12.0. The van der Waals surface area contributed by atoms with Crippen LogP contribution >= 0.6 is 0 Å². The standard InChI is InChI=1S/C15H28N2O/c1-3-5-8-13-14(18)17(12-16-13)11-15(4-2)9-6-7-10-15/h13,16H,3-12H2,1-2H3. The van der Waals surface area contributed by atoms with Crippen LogP contribution in [0.25, 0.3) is 0 Å². The summed E-state index contributed by atoms with van der Waals surface area (Å²) in [7, 11) is 0. The fraction of sp³-hybridized carbons (Fsp3) is 0.933. The molecule has 2 aliphatic rings. The fourth-order valence-electron chi connectivity index (χ4n) is 3.53. The van der Waals surface area contributed by atoms with E-state index in [1.165, 1.54) is 38.5 Å². The predicted octanol–water partition coefficient (Wildman–Crippen LogP) is 2.90. The average molecular weight is 252 g/mol. The number of amides is 1. The Bertz CT molecular complexity index is 284. The van der Waals surface area contributed by atoms with Gasteiger partial charge < -0.3 is 4.90 Å². The van der Waals surface area contributed by atoms with Crippen LogP contribution in [0, 0.1) is 5.41 Å². The topological polar surface area (TPSA) is 32.3 Å². The SMILES string of the molecule is CCCCC1NCN(CC2(CC)CCCC2)C1=O. The zero-order valence-electron chi connectivity index (χ0n) is 12.0. The van der Waals surface area contributed by atoms with E-state index in [2.05, 4.69) is 24.1 Å². The summed E-state index contributed by atoms with van der Waals surface area (Å²) in [6, 6.07) is 0.0975. The van der Waals surface area contributed by atoms with E-state index in [0.29, 0.717) is 11.3 Å². The molecule has 1 saturated carbocycles. The van der Waals surface area contributed by atoms with Gasteiger partial charge in [-0.2, -0.15) is 0 Å². The predicted molar refractivity (Wildman–Crippen MR) is 74.2 cm³/mol. The summed E-state index contributed by atoms with van der Waals surface area (Å²) in [5, 5.41) is 3.38. The quantitative estimate of drug-likeness (QED) is 0.788. The molecule has 3 nitrogen and oxygen atoms in total. The van der Waals surface area contributed by atoms with Gasteiger partial charge in [-0.25, -0.2) is 0 Å². The molecule has 1 amide bonds. The van der Waals surface area contributed by atoms with E-state index in [4.69, 9.17) is 0 Å². The molecule has 0 aromatic heterocycles. The van der Waals surface area contributed by atoms with Gasteiger partial charge in [0.2, 0.25) is 5.91 Å². The Hall–Kier alpha value is -0.570. The first kappa shape index (κ1) is 13.9. The van der Waals surface area contributed by atoms with Crippen LogP contribution in [0.1, 0.15) is 65.2 Å². The van der Waals surface area contributed by atoms with Crippen molar-refractivity contribution in [1.29, 1.82) is 0 Å². The van der Waals surface area contributed by atoms with Crippen molar-refractivity contribution in [1.82, 2.24) is 10.2 Å². The lowest BCUT2D eigenvalue weighted by atomic mass is 9.83. The highest BCUT2D eigenvalue weighted by atomic mass is 16.2. The molecule has 1 N–H and O–H groups in total. The second-order valence-corrected chi connectivity index (χ2v) is 6.15. The number of carbonyl (C=O) groups excluding carboxylic acids is 1. The van der Waals surface area contributed by atoms with Crippen LogP contribution in [0.3, 0.4) is 0 Å². The second-order valence-electron chi connectivity index (χ2n) is 6.15. The maximum Gasteiger partial charge on any atom is 0.240 e. The number of nitrogens with zero attached hydrogens (tertiary/aromatic N) is 1. The fourth-order valence-corrected chi connectivity index (χ4v) is 3.53. The molecule has 0 spiro atoms. The molecule has 1 aliphatic carbocycles. The molecule has 2 rings (SSSR count). The number of rotatable bonds is 6. The zero-order chi connectivity index (χ0) is 13.0. The van der Waals surface area contributed by atoms with Crippen LogP contribution in [0.15, 0.2) is 0 Å². The van der Waals surface area contributed by atoms with Crippen LogP contribution < -0.4 is 5.32 Å². The van der Waals surface area contributed by atoms with Crippen molar-refractivity contribution in [2.75, 3.05) is 13.2 Å². The van der Waals surface area contributed by atoms with Crippen molar-refractivity contribution in [3.63, 3.8) is 0 Å². The molecule has 0 aromatic carbocycles. The van der Waals surface area contributed by atoms with Crippen LogP contribution in [0.4, 0.5) is 0 Å². The lowest BCUT2D eigenvalue weighted by Gasteiger charge is -2.32. The van der Waals surface area contributed by atoms with Gasteiger partial charge in [-0.05, 0) is 31.1 Å². The van der Waals surface area contributed by atoms with E-state index in [-0.39, 0.29) is 6.04 Å². The molecule has 0 bridgehead atoms. The molecule has 1 unspecified atom stereocenters. The van der Waals surface area contributed by atoms with E-state index >= 15 is 0 Å². The van der Waals surface area contributed by atoms with Crippen LogP contribution in [-0.2, 0) is 4.79 Å². The summed E-state index contributed by atoms with van der Waals surface area (Å²) in [6.07, 6.45) is 9.87. The Labute approximate surface area is 111 Å². The van der Waals surface area contributed by atoms with Gasteiger partial charge in [0.05, 0.1) is 12.7 Å². The Balaban J connectivity index is 1.88. The number of carbonyl (C=O) groups is 1. The monoisotopic (exact) mass is 252 g/mol. The van der Waals surface area contributed by atoms with Crippen molar-refractivity contribution in [3.05, 3.63) is 0 Å². The lowest BCUT2D eigenvalue weighted by molar-refractivity contribution is -0.130. The second kappa shape index (κ2) is 6.05. The molecule has 104 valence electrons. The maximum atomic E-state index is 12.3. The van der Waals surface area contributed by atoms with Gasteiger partial charge in [0.1, 0.15) is 0 Å². The van der Waals surface area contributed by atoms with Gasteiger partial charge in [0, 0.05) is 6.54 Å². The van der Waals surface area contributed by atoms with Crippen molar-refractivity contribution in [3.8, 4) is 0 Å². The molecular weight excluding hydrogens is 224 g/mol. The van der Waals surface area contributed by atoms with Gasteiger partial charge >= 0.3 is 0 Å². The van der Waals surface area contributed by atoms with Crippen molar-refractivity contribution in [2.45, 2.75) is 71.3 Å². The van der Waals surface area contributed by atoms with E-state index in [1.54, 1.807) is 0 Å². The molecule has 1 heterocycles.